The third-order valence-electron chi connectivity index (χ3n) is 7.91. The van der Waals surface area contributed by atoms with E-state index in [1.807, 2.05) is 24.0 Å². The van der Waals surface area contributed by atoms with Crippen LogP contribution in [0, 0.1) is 12.8 Å². The number of benzene rings is 2. The zero-order chi connectivity index (χ0) is 27.3. The third-order valence-corrected chi connectivity index (χ3v) is 7.91. The van der Waals surface area contributed by atoms with Gasteiger partial charge in [0.25, 0.3) is 0 Å². The molecule has 0 N–H and O–H groups in total. The van der Waals surface area contributed by atoms with E-state index in [0.29, 0.717) is 25.6 Å². The molecule has 7 heteroatoms. The lowest BCUT2D eigenvalue weighted by atomic mass is 9.82. The first-order chi connectivity index (χ1) is 18.3. The van der Waals surface area contributed by atoms with Crippen molar-refractivity contribution in [2.24, 2.45) is 5.92 Å². The van der Waals surface area contributed by atoms with Crippen LogP contribution in [0.25, 0.3) is 0 Å². The SMILES string of the molecule is COCCN1C(=O)N(Cc2cc(OC)cc(OC)c2C)/C(=C\C(C)C)C12CCN(Cc1ccccc1)CC2. The number of methoxy groups -OCH3 is 3. The van der Waals surface area contributed by atoms with Crippen LogP contribution in [-0.2, 0) is 17.8 Å². The van der Waals surface area contributed by atoms with Gasteiger partial charge >= 0.3 is 6.03 Å². The number of likely N-dealkylation sites (tertiary alicyclic amines) is 1. The molecule has 38 heavy (non-hydrogen) atoms. The molecule has 0 bridgehead atoms. The molecule has 7 nitrogen and oxygen atoms in total. The molecule has 2 heterocycles. The number of allylic oxidation sites excluding steroid dienone is 1. The predicted molar refractivity (Wildman–Crippen MR) is 150 cm³/mol. The number of carbonyl (C=O) groups excluding carboxylic acids is 1. The van der Waals surface area contributed by atoms with Crippen molar-refractivity contribution in [1.82, 2.24) is 14.7 Å². The number of hydrogen-bond donors (Lipinski definition) is 0. The topological polar surface area (TPSA) is 54.5 Å². The minimum atomic E-state index is -0.343. The number of ether oxygens (including phenoxy) is 3. The first kappa shape index (κ1) is 28.0. The fraction of sp³-hybridized carbons (Fsp3) is 0.516. The number of rotatable bonds is 10. The van der Waals surface area contributed by atoms with Gasteiger partial charge in [-0.3, -0.25) is 9.80 Å². The quantitative estimate of drug-likeness (QED) is 0.415. The van der Waals surface area contributed by atoms with Crippen LogP contribution in [-0.4, -0.2) is 73.8 Å². The van der Waals surface area contributed by atoms with Crippen LogP contribution in [0.3, 0.4) is 0 Å². The van der Waals surface area contributed by atoms with Crippen LogP contribution in [0.2, 0.25) is 0 Å². The zero-order valence-electron chi connectivity index (χ0n) is 23.8. The average molecular weight is 522 g/mol. The molecule has 1 spiro atoms. The maximum Gasteiger partial charge on any atom is 0.325 e. The summed E-state index contributed by atoms with van der Waals surface area (Å²) in [5, 5.41) is 0. The van der Waals surface area contributed by atoms with Gasteiger partial charge in [0, 0.05) is 45.1 Å². The van der Waals surface area contributed by atoms with E-state index >= 15 is 0 Å². The maximum atomic E-state index is 14.2. The van der Waals surface area contributed by atoms with E-state index in [1.165, 1.54) is 5.56 Å². The van der Waals surface area contributed by atoms with Crippen LogP contribution in [0.4, 0.5) is 4.79 Å². The van der Waals surface area contributed by atoms with E-state index in [-0.39, 0.29) is 11.6 Å². The van der Waals surface area contributed by atoms with Crippen LogP contribution in [0.15, 0.2) is 54.2 Å². The lowest BCUT2D eigenvalue weighted by molar-refractivity contribution is 0.0669. The van der Waals surface area contributed by atoms with Crippen LogP contribution < -0.4 is 9.47 Å². The summed E-state index contributed by atoms with van der Waals surface area (Å²) in [5.41, 5.74) is 4.14. The van der Waals surface area contributed by atoms with Crippen molar-refractivity contribution in [1.29, 1.82) is 0 Å². The highest BCUT2D eigenvalue weighted by Gasteiger charge is 2.54. The molecule has 2 saturated heterocycles. The van der Waals surface area contributed by atoms with Gasteiger partial charge in [-0.05, 0) is 48.4 Å². The minimum Gasteiger partial charge on any atom is -0.497 e. The second-order valence-corrected chi connectivity index (χ2v) is 10.7. The lowest BCUT2D eigenvalue weighted by Crippen LogP contribution is -2.54. The standard InChI is InChI=1S/C31H43N3O4/c1-23(2)18-29-31(12-14-32(15-13-31)21-25-10-8-7-9-11-25)34(16-17-36-4)30(35)33(29)22-26-19-27(37-5)20-28(38-6)24(26)3/h7-11,18-20,23H,12-17,21-22H2,1-6H3/b29-18-. The molecule has 0 atom stereocenters. The van der Waals surface area contributed by atoms with Gasteiger partial charge in [0.05, 0.1) is 32.9 Å². The van der Waals surface area contributed by atoms with Crippen molar-refractivity contribution < 1.29 is 19.0 Å². The number of nitrogens with zero attached hydrogens (tertiary/aromatic N) is 3. The molecule has 2 aliphatic heterocycles. The van der Waals surface area contributed by atoms with Crippen molar-refractivity contribution in [3.8, 4) is 11.5 Å². The lowest BCUT2D eigenvalue weighted by Gasteiger charge is -2.44. The molecule has 0 aromatic heterocycles. The van der Waals surface area contributed by atoms with E-state index in [9.17, 15) is 4.79 Å². The second-order valence-electron chi connectivity index (χ2n) is 10.7. The molecule has 0 radical (unpaired) electrons. The zero-order valence-corrected chi connectivity index (χ0v) is 23.8. The predicted octanol–water partition coefficient (Wildman–Crippen LogP) is 5.47. The molecule has 2 fully saturated rings. The summed E-state index contributed by atoms with van der Waals surface area (Å²) in [7, 11) is 5.02. The number of carbonyl (C=O) groups is 1. The van der Waals surface area contributed by atoms with Crippen molar-refractivity contribution in [3.05, 3.63) is 70.9 Å². The Labute approximate surface area is 228 Å². The Morgan fingerprint density at radius 3 is 2.32 bits per heavy atom. The Morgan fingerprint density at radius 2 is 1.71 bits per heavy atom. The molecule has 206 valence electrons. The van der Waals surface area contributed by atoms with E-state index in [1.54, 1.807) is 21.3 Å². The van der Waals surface area contributed by atoms with Gasteiger partial charge in [0.15, 0.2) is 0 Å². The summed E-state index contributed by atoms with van der Waals surface area (Å²) >= 11 is 0. The molecular formula is C31H43N3O4. The molecule has 2 aromatic carbocycles. The van der Waals surface area contributed by atoms with Crippen molar-refractivity contribution in [2.45, 2.75) is 52.2 Å². The third kappa shape index (κ3) is 5.69. The number of amides is 2. The Hall–Kier alpha value is -3.03. The van der Waals surface area contributed by atoms with Gasteiger partial charge < -0.3 is 19.1 Å². The number of urea groups is 1. The molecular weight excluding hydrogens is 478 g/mol. The highest BCUT2D eigenvalue weighted by molar-refractivity contribution is 5.82. The molecule has 4 rings (SSSR count). The highest BCUT2D eigenvalue weighted by Crippen LogP contribution is 2.45. The van der Waals surface area contributed by atoms with Gasteiger partial charge in [-0.25, -0.2) is 4.79 Å². The van der Waals surface area contributed by atoms with E-state index in [4.69, 9.17) is 14.2 Å². The monoisotopic (exact) mass is 521 g/mol. The smallest absolute Gasteiger partial charge is 0.325 e. The molecule has 0 aliphatic carbocycles. The van der Waals surface area contributed by atoms with E-state index in [2.05, 4.69) is 60.1 Å². The summed E-state index contributed by atoms with van der Waals surface area (Å²) in [6.45, 7) is 10.8. The molecule has 0 unspecified atom stereocenters. The summed E-state index contributed by atoms with van der Waals surface area (Å²) in [6.07, 6.45) is 4.08. The Bertz CT molecular complexity index is 1120. The fourth-order valence-corrected chi connectivity index (χ4v) is 5.86. The van der Waals surface area contributed by atoms with Crippen molar-refractivity contribution in [2.75, 3.05) is 47.6 Å². The van der Waals surface area contributed by atoms with Crippen molar-refractivity contribution >= 4 is 6.03 Å². The summed E-state index contributed by atoms with van der Waals surface area (Å²) in [5.74, 6) is 1.80. The Balaban J connectivity index is 1.68. The fourth-order valence-electron chi connectivity index (χ4n) is 5.86. The second kappa shape index (κ2) is 12.2. The Morgan fingerprint density at radius 1 is 1.00 bits per heavy atom. The van der Waals surface area contributed by atoms with Crippen LogP contribution in [0.1, 0.15) is 43.4 Å². The van der Waals surface area contributed by atoms with E-state index in [0.717, 1.165) is 60.8 Å². The summed E-state index contributed by atoms with van der Waals surface area (Å²) < 4.78 is 16.6. The Kier molecular flexibility index (Phi) is 9.00. The summed E-state index contributed by atoms with van der Waals surface area (Å²) in [4.78, 5) is 20.7. The maximum absolute atomic E-state index is 14.2. The van der Waals surface area contributed by atoms with Crippen molar-refractivity contribution in [3.63, 3.8) is 0 Å². The van der Waals surface area contributed by atoms with Gasteiger partial charge in [-0.2, -0.15) is 0 Å². The van der Waals surface area contributed by atoms with Crippen LogP contribution in [0.5, 0.6) is 11.5 Å². The summed E-state index contributed by atoms with van der Waals surface area (Å²) in [6, 6.07) is 14.6. The van der Waals surface area contributed by atoms with Gasteiger partial charge in [0.1, 0.15) is 11.5 Å². The van der Waals surface area contributed by atoms with Gasteiger partial charge in [0.2, 0.25) is 0 Å². The largest absolute Gasteiger partial charge is 0.497 e. The van der Waals surface area contributed by atoms with Crippen LogP contribution >= 0.6 is 0 Å². The van der Waals surface area contributed by atoms with Gasteiger partial charge in [-0.15, -0.1) is 0 Å². The molecule has 2 aromatic rings. The average Bonchev–Trinajstić information content (AvgIpc) is 3.11. The normalized spacial score (nSPS) is 18.7. The first-order valence-electron chi connectivity index (χ1n) is 13.6. The molecule has 2 aliphatic rings. The minimum absolute atomic E-state index is 0.0478. The highest BCUT2D eigenvalue weighted by atomic mass is 16.5. The number of hydrogen-bond acceptors (Lipinski definition) is 5. The van der Waals surface area contributed by atoms with Gasteiger partial charge in [-0.1, -0.05) is 50.3 Å². The molecule has 2 amide bonds. The molecule has 0 saturated carbocycles. The number of piperidine rings is 1. The first-order valence-corrected chi connectivity index (χ1v) is 13.6. The van der Waals surface area contributed by atoms with E-state index < -0.39 is 0 Å².